The van der Waals surface area contributed by atoms with Gasteiger partial charge in [0.05, 0.1) is 41.2 Å². The number of hydrogen-bond donors (Lipinski definition) is 2. The van der Waals surface area contributed by atoms with Gasteiger partial charge in [-0.3, -0.25) is 19.5 Å². The fourth-order valence-electron chi connectivity index (χ4n) is 5.31. The molecule has 0 radical (unpaired) electrons. The number of hydrogen-bond acceptors (Lipinski definition) is 7. The molecule has 2 aliphatic rings. The van der Waals surface area contributed by atoms with E-state index in [1.54, 1.807) is 35.9 Å². The molecule has 1 saturated carbocycles. The molecule has 1 aliphatic carbocycles. The van der Waals surface area contributed by atoms with Crippen LogP contribution >= 0.6 is 23.2 Å². The first kappa shape index (κ1) is 27.3. The normalized spacial score (nSPS) is 21.6. The Balaban J connectivity index is 1.56. The van der Waals surface area contributed by atoms with Crippen molar-refractivity contribution < 1.29 is 28.9 Å². The number of nitrogens with zero attached hydrogens (tertiary/aromatic N) is 4. The van der Waals surface area contributed by atoms with E-state index >= 15 is 4.39 Å². The number of carbonyl (C=O) groups is 2. The summed E-state index contributed by atoms with van der Waals surface area (Å²) >= 11 is 12.2. The van der Waals surface area contributed by atoms with Crippen LogP contribution in [0.1, 0.15) is 56.1 Å². The quantitative estimate of drug-likeness (QED) is 0.299. The third-order valence-corrected chi connectivity index (χ3v) is 7.81. The molecule has 3 heterocycles. The molecule has 2 aromatic heterocycles. The van der Waals surface area contributed by atoms with Crippen LogP contribution in [-0.2, 0) is 24.1 Å². The number of amides is 1. The summed E-state index contributed by atoms with van der Waals surface area (Å²) in [5, 5.41) is 21.2. The number of aliphatic hydroxyl groups is 1. The zero-order valence-electron chi connectivity index (χ0n) is 21.6. The average molecular weight is 597 g/mol. The topological polar surface area (TPSA) is 118 Å². The maximum Gasteiger partial charge on any atom is 0.257 e. The van der Waals surface area contributed by atoms with Gasteiger partial charge in [0.25, 0.3) is 5.91 Å². The standard InChI is InChI=1S/C29H23Cl2FN4O5/c1-35-12-24(34-14-35)27(39)15-6-21-26(22(32)7-15)29(41-20-9-19(37)10-20,16-2-4-17(30)5-3-16)36(28(21)40)13-23-25(38)8-18(31)11-33-23/h2-8,11-12,14,19-20,37-38H,9-10,13H2,1H3/t19?,20?,29-/m1/s1. The molecule has 1 fully saturated rings. The van der Waals surface area contributed by atoms with E-state index in [0.29, 0.717) is 10.6 Å². The Bertz CT molecular complexity index is 1690. The van der Waals surface area contributed by atoms with Crippen LogP contribution in [-0.4, -0.2) is 53.5 Å². The SMILES string of the molecule is Cn1cnc(C(=O)c2cc(F)c3c(c2)C(=O)N(Cc2ncc(Cl)cc2O)[C@@]3(OC2CC(O)C2)c2ccc(Cl)cc2)c1. The van der Waals surface area contributed by atoms with E-state index in [9.17, 15) is 19.8 Å². The molecular formula is C29H23Cl2FN4O5. The van der Waals surface area contributed by atoms with Crippen LogP contribution in [0.3, 0.4) is 0 Å². The van der Waals surface area contributed by atoms with Crippen molar-refractivity contribution in [1.82, 2.24) is 19.4 Å². The van der Waals surface area contributed by atoms with E-state index in [-0.39, 0.29) is 58.2 Å². The molecule has 12 heteroatoms. The highest BCUT2D eigenvalue weighted by Gasteiger charge is 2.56. The number of ether oxygens (including phenoxy) is 1. The predicted molar refractivity (Wildman–Crippen MR) is 146 cm³/mol. The summed E-state index contributed by atoms with van der Waals surface area (Å²) in [4.78, 5) is 36.9. The molecule has 9 nitrogen and oxygen atoms in total. The van der Waals surface area contributed by atoms with Gasteiger partial charge in [-0.05, 0) is 37.1 Å². The Labute approximate surface area is 243 Å². The minimum absolute atomic E-state index is 0.0633. The van der Waals surface area contributed by atoms with Crippen LogP contribution < -0.4 is 0 Å². The summed E-state index contributed by atoms with van der Waals surface area (Å²) in [6.07, 6.45) is 3.69. The van der Waals surface area contributed by atoms with Gasteiger partial charge in [-0.25, -0.2) is 9.37 Å². The predicted octanol–water partition coefficient (Wildman–Crippen LogP) is 4.59. The summed E-state index contributed by atoms with van der Waals surface area (Å²) < 4.78 is 24.5. The van der Waals surface area contributed by atoms with Crippen LogP contribution in [0.15, 0.2) is 61.2 Å². The number of pyridine rings is 1. The van der Waals surface area contributed by atoms with E-state index < -0.39 is 35.4 Å². The number of aromatic nitrogens is 3. The molecule has 0 unspecified atom stereocenters. The number of carbonyl (C=O) groups excluding carboxylic acids is 2. The lowest BCUT2D eigenvalue weighted by Crippen LogP contribution is -2.51. The van der Waals surface area contributed by atoms with Crippen LogP contribution in [0.2, 0.25) is 10.0 Å². The van der Waals surface area contributed by atoms with Gasteiger partial charge in [-0.15, -0.1) is 0 Å². The average Bonchev–Trinajstić information content (AvgIpc) is 3.45. The Morgan fingerprint density at radius 3 is 2.51 bits per heavy atom. The van der Waals surface area contributed by atoms with E-state index in [2.05, 4.69) is 9.97 Å². The summed E-state index contributed by atoms with van der Waals surface area (Å²) in [7, 11) is 1.70. The van der Waals surface area contributed by atoms with Gasteiger partial charge >= 0.3 is 0 Å². The van der Waals surface area contributed by atoms with Crippen LogP contribution in [0.25, 0.3) is 0 Å². The smallest absolute Gasteiger partial charge is 0.257 e. The van der Waals surface area contributed by atoms with Crippen LogP contribution in [0.4, 0.5) is 4.39 Å². The maximum absolute atomic E-state index is 16.4. The molecule has 4 aromatic rings. The minimum Gasteiger partial charge on any atom is -0.506 e. The van der Waals surface area contributed by atoms with E-state index in [1.807, 2.05) is 0 Å². The zero-order chi connectivity index (χ0) is 29.1. The van der Waals surface area contributed by atoms with Gasteiger partial charge in [-0.2, -0.15) is 0 Å². The van der Waals surface area contributed by atoms with Crippen LogP contribution in [0.5, 0.6) is 5.75 Å². The number of halogens is 3. The van der Waals surface area contributed by atoms with Crippen molar-refractivity contribution in [1.29, 1.82) is 0 Å². The molecule has 6 rings (SSSR count). The fourth-order valence-corrected chi connectivity index (χ4v) is 5.58. The van der Waals surface area contributed by atoms with Crippen molar-refractivity contribution in [3.63, 3.8) is 0 Å². The highest BCUT2D eigenvalue weighted by atomic mass is 35.5. The lowest BCUT2D eigenvalue weighted by Gasteiger charge is -2.45. The molecule has 2 N–H and O–H groups in total. The van der Waals surface area contributed by atoms with Gasteiger partial charge in [0.1, 0.15) is 23.0 Å². The first-order valence-corrected chi connectivity index (χ1v) is 13.5. The third kappa shape index (κ3) is 4.66. The van der Waals surface area contributed by atoms with Crippen molar-refractivity contribution in [2.75, 3.05) is 0 Å². The van der Waals surface area contributed by atoms with Crippen molar-refractivity contribution in [3.8, 4) is 5.75 Å². The molecular weight excluding hydrogens is 574 g/mol. The number of aryl methyl sites for hydroxylation is 1. The van der Waals surface area contributed by atoms with Crippen molar-refractivity contribution in [3.05, 3.63) is 111 Å². The molecule has 0 bridgehead atoms. The lowest BCUT2D eigenvalue weighted by atomic mass is 9.88. The van der Waals surface area contributed by atoms with Gasteiger partial charge in [0, 0.05) is 41.7 Å². The third-order valence-electron chi connectivity index (χ3n) is 7.35. The first-order chi connectivity index (χ1) is 19.6. The molecule has 2 aromatic carbocycles. The Morgan fingerprint density at radius 2 is 1.88 bits per heavy atom. The summed E-state index contributed by atoms with van der Waals surface area (Å²) in [6, 6.07) is 10.1. The Hall–Kier alpha value is -3.83. The minimum atomic E-state index is -1.84. The molecule has 1 amide bonds. The first-order valence-electron chi connectivity index (χ1n) is 12.7. The van der Waals surface area contributed by atoms with Gasteiger partial charge in [-0.1, -0.05) is 35.3 Å². The summed E-state index contributed by atoms with van der Waals surface area (Å²) in [6.45, 7) is -0.294. The highest BCUT2D eigenvalue weighted by molar-refractivity contribution is 6.30. The van der Waals surface area contributed by atoms with Gasteiger partial charge in [0.15, 0.2) is 0 Å². The Kier molecular flexibility index (Phi) is 6.82. The van der Waals surface area contributed by atoms with Crippen LogP contribution in [0, 0.1) is 5.82 Å². The highest BCUT2D eigenvalue weighted by Crippen LogP contribution is 2.50. The lowest BCUT2D eigenvalue weighted by molar-refractivity contribution is -0.191. The molecule has 0 spiro atoms. The van der Waals surface area contributed by atoms with Crippen molar-refractivity contribution in [2.24, 2.45) is 7.05 Å². The number of rotatable bonds is 7. The maximum atomic E-state index is 16.4. The number of imidazole rings is 1. The number of ketones is 1. The second-order valence-electron chi connectivity index (χ2n) is 10.2. The van der Waals surface area contributed by atoms with Gasteiger partial charge < -0.3 is 19.5 Å². The summed E-state index contributed by atoms with van der Waals surface area (Å²) in [5.74, 6) is -2.33. The summed E-state index contributed by atoms with van der Waals surface area (Å²) in [5.41, 5.74) is -1.53. The van der Waals surface area contributed by atoms with Crippen molar-refractivity contribution >= 4 is 34.9 Å². The van der Waals surface area contributed by atoms with Crippen molar-refractivity contribution in [2.45, 2.75) is 37.3 Å². The molecule has 210 valence electrons. The Morgan fingerprint density at radius 1 is 1.15 bits per heavy atom. The molecule has 1 atom stereocenters. The molecule has 0 saturated heterocycles. The van der Waals surface area contributed by atoms with E-state index in [1.165, 1.54) is 35.8 Å². The number of aliphatic hydroxyl groups excluding tert-OH is 1. The second kappa shape index (κ2) is 10.2. The monoisotopic (exact) mass is 596 g/mol. The number of benzene rings is 2. The van der Waals surface area contributed by atoms with Gasteiger partial charge in [0.2, 0.25) is 11.5 Å². The molecule has 1 aliphatic heterocycles. The second-order valence-corrected chi connectivity index (χ2v) is 11.0. The fraction of sp³-hybridized carbons (Fsp3) is 0.241. The molecule has 41 heavy (non-hydrogen) atoms. The zero-order valence-corrected chi connectivity index (χ0v) is 23.1. The van der Waals surface area contributed by atoms with E-state index in [4.69, 9.17) is 27.9 Å². The largest absolute Gasteiger partial charge is 0.506 e. The van der Waals surface area contributed by atoms with E-state index in [0.717, 1.165) is 6.07 Å². The number of aromatic hydroxyl groups is 1. The number of fused-ring (bicyclic) bond motifs is 1.